The highest BCUT2D eigenvalue weighted by Gasteiger charge is 2.40. The van der Waals surface area contributed by atoms with Crippen molar-refractivity contribution in [2.24, 2.45) is 0 Å². The van der Waals surface area contributed by atoms with Gasteiger partial charge in [0.05, 0.1) is 11.1 Å². The zero-order valence-electron chi connectivity index (χ0n) is 17.0. The maximum atomic E-state index is 6.52. The first-order valence-corrected chi connectivity index (χ1v) is 10.1. The molecular weight excluding hydrogens is 339 g/mol. The third-order valence-corrected chi connectivity index (χ3v) is 6.50. The third kappa shape index (κ3) is 2.59. The Morgan fingerprint density at radius 2 is 1.39 bits per heavy atom. The van der Waals surface area contributed by atoms with Crippen molar-refractivity contribution in [3.05, 3.63) is 95.1 Å². The zero-order valence-corrected chi connectivity index (χ0v) is 17.0. The van der Waals surface area contributed by atoms with Crippen LogP contribution in [-0.4, -0.2) is 13.4 Å². The number of rotatable bonds is 1. The van der Waals surface area contributed by atoms with Crippen molar-refractivity contribution in [3.8, 4) is 22.3 Å². The van der Waals surface area contributed by atoms with Gasteiger partial charge in [-0.15, -0.1) is 0 Å². The molecule has 5 rings (SSSR count). The Balaban J connectivity index is 1.75. The van der Waals surface area contributed by atoms with Gasteiger partial charge < -0.3 is 4.74 Å². The number of hydrogen-bond donors (Lipinski definition) is 0. The molecule has 0 spiro atoms. The van der Waals surface area contributed by atoms with Crippen molar-refractivity contribution in [1.29, 1.82) is 0 Å². The Morgan fingerprint density at radius 3 is 2.00 bits per heavy atom. The molecule has 0 saturated heterocycles. The third-order valence-electron chi connectivity index (χ3n) is 6.50. The molecule has 3 aromatic rings. The Labute approximate surface area is 168 Å². The molecule has 1 aliphatic heterocycles. The van der Waals surface area contributed by atoms with E-state index < -0.39 is 5.50 Å². The molecule has 2 heteroatoms. The second kappa shape index (κ2) is 5.96. The number of benzene rings is 3. The topological polar surface area (TPSA) is 9.23 Å². The van der Waals surface area contributed by atoms with Gasteiger partial charge in [-0.1, -0.05) is 66.7 Å². The van der Waals surface area contributed by atoms with E-state index in [1.807, 2.05) is 0 Å². The van der Waals surface area contributed by atoms with Crippen LogP contribution in [0.1, 0.15) is 37.5 Å². The molecule has 0 saturated carbocycles. The highest BCUT2D eigenvalue weighted by molar-refractivity contribution is 6.17. The molecule has 1 unspecified atom stereocenters. The monoisotopic (exact) mass is 364 g/mol. The SMILES string of the molecule is BC1(c2ccc3c(c2)-c2ccccc2Cc2ccccc2-3)C=C(C)C(C)(C)O1. The van der Waals surface area contributed by atoms with Gasteiger partial charge in [-0.25, -0.2) is 0 Å². The van der Waals surface area contributed by atoms with Gasteiger partial charge in [0, 0.05) is 0 Å². The molecule has 0 fully saturated rings. The molecule has 0 radical (unpaired) electrons. The van der Waals surface area contributed by atoms with Gasteiger partial charge in [-0.2, -0.15) is 0 Å². The summed E-state index contributed by atoms with van der Waals surface area (Å²) >= 11 is 0. The fourth-order valence-electron chi connectivity index (χ4n) is 4.76. The molecule has 0 aromatic heterocycles. The number of ether oxygens (including phenoxy) is 1. The zero-order chi connectivity index (χ0) is 19.5. The first-order chi connectivity index (χ1) is 13.4. The average molecular weight is 364 g/mol. The number of hydrogen-bond acceptors (Lipinski definition) is 1. The molecule has 1 aliphatic carbocycles. The average Bonchev–Trinajstić information content (AvgIpc) is 2.82. The van der Waals surface area contributed by atoms with E-state index in [4.69, 9.17) is 4.74 Å². The molecule has 1 atom stereocenters. The van der Waals surface area contributed by atoms with Crippen LogP contribution in [0, 0.1) is 0 Å². The van der Waals surface area contributed by atoms with Crippen LogP contribution in [0.15, 0.2) is 78.4 Å². The number of fused-ring (bicyclic) bond motifs is 5. The van der Waals surface area contributed by atoms with Crippen molar-refractivity contribution < 1.29 is 4.74 Å². The maximum absolute atomic E-state index is 6.52. The van der Waals surface area contributed by atoms with Crippen LogP contribution in [-0.2, 0) is 16.7 Å². The van der Waals surface area contributed by atoms with Crippen LogP contribution in [0.5, 0.6) is 0 Å². The Bertz CT molecular complexity index is 1120. The standard InChI is InChI=1S/C26H25BO/c1-17-16-26(27,28-25(17,2)3)20-12-13-23-21-10-6-4-8-18(21)14-19-9-5-7-11-22(19)24(23)15-20/h4-13,15-16H,14,27H2,1-3H3. The van der Waals surface area contributed by atoms with Gasteiger partial charge in [0.25, 0.3) is 0 Å². The fraction of sp³-hybridized carbons (Fsp3) is 0.231. The van der Waals surface area contributed by atoms with E-state index in [0.29, 0.717) is 0 Å². The van der Waals surface area contributed by atoms with Crippen LogP contribution in [0.25, 0.3) is 22.3 Å². The summed E-state index contributed by atoms with van der Waals surface area (Å²) in [5.41, 5.74) is 9.93. The molecule has 28 heavy (non-hydrogen) atoms. The van der Waals surface area contributed by atoms with Crippen LogP contribution >= 0.6 is 0 Å². The van der Waals surface area contributed by atoms with Crippen molar-refractivity contribution in [3.63, 3.8) is 0 Å². The van der Waals surface area contributed by atoms with Gasteiger partial charge in [-0.05, 0) is 77.8 Å². The van der Waals surface area contributed by atoms with E-state index in [-0.39, 0.29) is 5.60 Å². The summed E-state index contributed by atoms with van der Waals surface area (Å²) in [6.07, 6.45) is 3.25. The van der Waals surface area contributed by atoms with Gasteiger partial charge in [0.2, 0.25) is 0 Å². The summed E-state index contributed by atoms with van der Waals surface area (Å²) < 4.78 is 6.52. The van der Waals surface area contributed by atoms with E-state index in [1.165, 1.54) is 44.5 Å². The molecule has 1 nitrogen and oxygen atoms in total. The van der Waals surface area contributed by atoms with Gasteiger partial charge >= 0.3 is 0 Å². The van der Waals surface area contributed by atoms with Crippen molar-refractivity contribution in [2.75, 3.05) is 0 Å². The predicted octanol–water partition coefficient (Wildman–Crippen LogP) is 5.47. The van der Waals surface area contributed by atoms with E-state index in [1.54, 1.807) is 0 Å². The molecule has 0 bridgehead atoms. The second-order valence-electron chi connectivity index (χ2n) is 8.80. The Kier molecular flexibility index (Phi) is 3.73. The molecule has 3 aromatic carbocycles. The quantitative estimate of drug-likeness (QED) is 0.322. The highest BCUT2D eigenvalue weighted by Crippen LogP contribution is 2.45. The van der Waals surface area contributed by atoms with Crippen molar-refractivity contribution in [2.45, 2.75) is 38.3 Å². The Morgan fingerprint density at radius 1 is 0.786 bits per heavy atom. The van der Waals surface area contributed by atoms with Crippen molar-refractivity contribution >= 4 is 7.85 Å². The lowest BCUT2D eigenvalue weighted by Crippen LogP contribution is -2.32. The van der Waals surface area contributed by atoms with Crippen LogP contribution in [0.4, 0.5) is 0 Å². The first-order valence-electron chi connectivity index (χ1n) is 10.1. The summed E-state index contributed by atoms with van der Waals surface area (Å²) in [6, 6.07) is 24.5. The van der Waals surface area contributed by atoms with E-state index >= 15 is 0 Å². The smallest absolute Gasteiger partial charge is 0.154 e. The molecule has 0 amide bonds. The fourth-order valence-corrected chi connectivity index (χ4v) is 4.76. The predicted molar refractivity (Wildman–Crippen MR) is 119 cm³/mol. The maximum Gasteiger partial charge on any atom is 0.154 e. The van der Waals surface area contributed by atoms with Gasteiger partial charge in [0.1, 0.15) is 0 Å². The van der Waals surface area contributed by atoms with E-state index in [2.05, 4.69) is 101 Å². The molecule has 138 valence electrons. The summed E-state index contributed by atoms with van der Waals surface area (Å²) in [5.74, 6) is 0. The lowest BCUT2D eigenvalue weighted by Gasteiger charge is -2.30. The summed E-state index contributed by atoms with van der Waals surface area (Å²) in [5, 5.41) is 0. The molecule has 2 aliphatic rings. The van der Waals surface area contributed by atoms with Gasteiger partial charge in [-0.3, -0.25) is 0 Å². The Hall–Kier alpha value is -2.58. The largest absolute Gasteiger partial charge is 0.365 e. The highest BCUT2D eigenvalue weighted by atomic mass is 16.5. The summed E-state index contributed by atoms with van der Waals surface area (Å²) in [7, 11) is 2.18. The summed E-state index contributed by atoms with van der Waals surface area (Å²) in [4.78, 5) is 0. The molecular formula is C26H25BO. The minimum Gasteiger partial charge on any atom is -0.365 e. The normalized spacial score (nSPS) is 21.9. The van der Waals surface area contributed by atoms with E-state index in [0.717, 1.165) is 6.42 Å². The molecule has 0 N–H and O–H groups in total. The van der Waals surface area contributed by atoms with E-state index in [9.17, 15) is 0 Å². The van der Waals surface area contributed by atoms with Crippen LogP contribution in [0.3, 0.4) is 0 Å². The van der Waals surface area contributed by atoms with Gasteiger partial charge in [0.15, 0.2) is 7.85 Å². The lowest BCUT2D eigenvalue weighted by atomic mass is 9.74. The van der Waals surface area contributed by atoms with Crippen LogP contribution < -0.4 is 0 Å². The van der Waals surface area contributed by atoms with Crippen molar-refractivity contribution in [1.82, 2.24) is 0 Å². The lowest BCUT2D eigenvalue weighted by molar-refractivity contribution is -0.0303. The molecule has 1 heterocycles. The summed E-state index contributed by atoms with van der Waals surface area (Å²) in [6.45, 7) is 6.47. The minimum atomic E-state index is -0.399. The first kappa shape index (κ1) is 17.5. The minimum absolute atomic E-state index is 0.230. The second-order valence-corrected chi connectivity index (χ2v) is 8.80. The van der Waals surface area contributed by atoms with Crippen LogP contribution in [0.2, 0.25) is 0 Å².